The molecule has 6 nitrogen and oxygen atoms in total. The molecule has 1 aliphatic carbocycles. The van der Waals surface area contributed by atoms with Crippen molar-refractivity contribution in [3.63, 3.8) is 0 Å². The standard InChI is InChI=1S/C24H22ClF2N5O/c1-13(29-16-4-8-21(25)32(12-16)17-5-6-17)18-9-15(27)10-19-22(18)30-23(31(2)24(19)33)20-7-3-14(26)11-28-20/h3-4,7-11,13,17,29H,5-6,12H2,1-2H3. The SMILES string of the molecule is CC(NC1=CC=C(Cl)N(C2CC2)C1)c1cc(F)cc2c(=O)n(C)c(-c3ccc(F)cn3)nc12. The van der Waals surface area contributed by atoms with Crippen molar-refractivity contribution in [1.29, 1.82) is 0 Å². The van der Waals surface area contributed by atoms with Crippen molar-refractivity contribution >= 4 is 22.5 Å². The molecule has 3 heterocycles. The van der Waals surface area contributed by atoms with Gasteiger partial charge in [-0.1, -0.05) is 11.6 Å². The second-order valence-electron chi connectivity index (χ2n) is 8.46. The molecule has 1 fully saturated rings. The van der Waals surface area contributed by atoms with E-state index in [1.54, 1.807) is 0 Å². The summed E-state index contributed by atoms with van der Waals surface area (Å²) in [5, 5.41) is 4.31. The Hall–Kier alpha value is -3.26. The van der Waals surface area contributed by atoms with E-state index in [9.17, 15) is 13.6 Å². The first-order valence-corrected chi connectivity index (χ1v) is 11.1. The van der Waals surface area contributed by atoms with Gasteiger partial charge in [0, 0.05) is 24.4 Å². The van der Waals surface area contributed by atoms with E-state index in [0.29, 0.717) is 34.5 Å². The first-order valence-electron chi connectivity index (χ1n) is 10.7. The summed E-state index contributed by atoms with van der Waals surface area (Å²) in [6, 6.07) is 5.42. The van der Waals surface area contributed by atoms with Crippen molar-refractivity contribution in [3.05, 3.63) is 81.0 Å². The molecule has 9 heteroatoms. The Morgan fingerprint density at radius 3 is 2.67 bits per heavy atom. The van der Waals surface area contributed by atoms with Crippen LogP contribution in [0.1, 0.15) is 31.4 Å². The second kappa shape index (κ2) is 8.26. The van der Waals surface area contributed by atoms with E-state index in [1.807, 2.05) is 19.1 Å². The van der Waals surface area contributed by atoms with E-state index in [0.717, 1.165) is 24.7 Å². The number of hydrogen-bond donors (Lipinski definition) is 1. The highest BCUT2D eigenvalue weighted by Gasteiger charge is 2.32. The third kappa shape index (κ3) is 4.11. The average Bonchev–Trinajstić information content (AvgIpc) is 3.63. The Balaban J connectivity index is 1.56. The Labute approximate surface area is 194 Å². The van der Waals surface area contributed by atoms with Gasteiger partial charge in [-0.25, -0.2) is 18.7 Å². The van der Waals surface area contributed by atoms with Gasteiger partial charge in [0.2, 0.25) is 0 Å². The van der Waals surface area contributed by atoms with Crippen molar-refractivity contribution in [2.24, 2.45) is 7.05 Å². The van der Waals surface area contributed by atoms with Crippen LogP contribution in [0.15, 0.2) is 58.3 Å². The van der Waals surface area contributed by atoms with Gasteiger partial charge < -0.3 is 10.2 Å². The summed E-state index contributed by atoms with van der Waals surface area (Å²) in [6.45, 7) is 2.53. The molecule has 2 aromatic heterocycles. The van der Waals surface area contributed by atoms with Crippen LogP contribution in [-0.2, 0) is 7.05 Å². The molecule has 5 rings (SSSR count). The topological polar surface area (TPSA) is 63.1 Å². The average molecular weight is 470 g/mol. The lowest BCUT2D eigenvalue weighted by molar-refractivity contribution is 0.366. The van der Waals surface area contributed by atoms with Crippen LogP contribution in [0.25, 0.3) is 22.4 Å². The van der Waals surface area contributed by atoms with Crippen LogP contribution in [-0.4, -0.2) is 32.0 Å². The first kappa shape index (κ1) is 21.6. The summed E-state index contributed by atoms with van der Waals surface area (Å²) in [4.78, 5) is 23.9. The Morgan fingerprint density at radius 2 is 1.97 bits per heavy atom. The van der Waals surface area contributed by atoms with Gasteiger partial charge in [0.05, 0.1) is 29.7 Å². The van der Waals surface area contributed by atoms with Crippen LogP contribution in [0.2, 0.25) is 0 Å². The number of benzene rings is 1. The zero-order valence-electron chi connectivity index (χ0n) is 18.1. The van der Waals surface area contributed by atoms with Gasteiger partial charge >= 0.3 is 0 Å². The summed E-state index contributed by atoms with van der Waals surface area (Å²) < 4.78 is 29.2. The Kier molecular flexibility index (Phi) is 5.40. The zero-order chi connectivity index (χ0) is 23.3. The fourth-order valence-electron chi connectivity index (χ4n) is 4.15. The highest BCUT2D eigenvalue weighted by Crippen LogP contribution is 2.34. The van der Waals surface area contributed by atoms with E-state index in [1.165, 1.54) is 35.9 Å². The number of rotatable bonds is 5. The van der Waals surface area contributed by atoms with Crippen molar-refractivity contribution in [2.75, 3.05) is 6.54 Å². The maximum absolute atomic E-state index is 14.5. The number of nitrogens with one attached hydrogen (secondary N) is 1. The van der Waals surface area contributed by atoms with Crippen LogP contribution in [0, 0.1) is 11.6 Å². The highest BCUT2D eigenvalue weighted by molar-refractivity contribution is 6.29. The number of hydrogen-bond acceptors (Lipinski definition) is 5. The normalized spacial score (nSPS) is 17.1. The number of allylic oxidation sites excluding steroid dienone is 2. The van der Waals surface area contributed by atoms with Gasteiger partial charge in [0.25, 0.3) is 5.56 Å². The van der Waals surface area contributed by atoms with Crippen molar-refractivity contribution in [2.45, 2.75) is 31.8 Å². The summed E-state index contributed by atoms with van der Waals surface area (Å²) in [5.74, 6) is -0.725. The molecule has 0 radical (unpaired) electrons. The van der Waals surface area contributed by atoms with E-state index < -0.39 is 17.2 Å². The van der Waals surface area contributed by atoms with E-state index in [4.69, 9.17) is 11.6 Å². The largest absolute Gasteiger partial charge is 0.380 e. The molecular formula is C24H22ClF2N5O. The maximum atomic E-state index is 14.5. The lowest BCUT2D eigenvalue weighted by Gasteiger charge is -2.30. The third-order valence-corrected chi connectivity index (χ3v) is 6.37. The second-order valence-corrected chi connectivity index (χ2v) is 8.85. The molecule has 1 N–H and O–H groups in total. The molecule has 3 aromatic rings. The van der Waals surface area contributed by atoms with Crippen LogP contribution >= 0.6 is 11.6 Å². The summed E-state index contributed by atoms with van der Waals surface area (Å²) >= 11 is 6.34. The fourth-order valence-corrected chi connectivity index (χ4v) is 4.41. The van der Waals surface area contributed by atoms with Gasteiger partial charge in [-0.3, -0.25) is 9.36 Å². The summed E-state index contributed by atoms with van der Waals surface area (Å²) in [5.41, 5.74) is 1.82. The van der Waals surface area contributed by atoms with Crippen molar-refractivity contribution < 1.29 is 8.78 Å². The van der Waals surface area contributed by atoms with Gasteiger partial charge in [-0.2, -0.15) is 0 Å². The number of nitrogens with zero attached hydrogens (tertiary/aromatic N) is 4. The van der Waals surface area contributed by atoms with Gasteiger partial charge in [-0.15, -0.1) is 0 Å². The van der Waals surface area contributed by atoms with Crippen LogP contribution in [0.5, 0.6) is 0 Å². The van der Waals surface area contributed by atoms with Gasteiger partial charge in [-0.05, 0) is 56.2 Å². The molecule has 0 bridgehead atoms. The fraction of sp³-hybridized carbons (Fsp3) is 0.292. The molecule has 0 spiro atoms. The third-order valence-electron chi connectivity index (χ3n) is 6.02. The molecule has 170 valence electrons. The monoisotopic (exact) mass is 469 g/mol. The van der Waals surface area contributed by atoms with Gasteiger partial charge in [0.15, 0.2) is 5.82 Å². The highest BCUT2D eigenvalue weighted by atomic mass is 35.5. The molecule has 0 amide bonds. The maximum Gasteiger partial charge on any atom is 0.261 e. The molecular weight excluding hydrogens is 448 g/mol. The number of halogens is 3. The van der Waals surface area contributed by atoms with Crippen LogP contribution in [0.4, 0.5) is 8.78 Å². The lowest BCUT2D eigenvalue weighted by Crippen LogP contribution is -2.33. The Bertz CT molecular complexity index is 1360. The quantitative estimate of drug-likeness (QED) is 0.562. The minimum atomic E-state index is -0.516. The minimum Gasteiger partial charge on any atom is -0.380 e. The smallest absolute Gasteiger partial charge is 0.261 e. The van der Waals surface area contributed by atoms with E-state index in [2.05, 4.69) is 20.2 Å². The Morgan fingerprint density at radius 1 is 1.18 bits per heavy atom. The van der Waals surface area contributed by atoms with Crippen LogP contribution in [0.3, 0.4) is 0 Å². The number of pyridine rings is 1. The summed E-state index contributed by atoms with van der Waals surface area (Å²) in [6.07, 6.45) is 7.08. The van der Waals surface area contributed by atoms with Gasteiger partial charge in [0.1, 0.15) is 22.5 Å². The number of fused-ring (bicyclic) bond motifs is 1. The first-order chi connectivity index (χ1) is 15.8. The molecule has 1 aromatic carbocycles. The molecule has 1 aliphatic heterocycles. The predicted octanol–water partition coefficient (Wildman–Crippen LogP) is 4.37. The number of aromatic nitrogens is 3. The molecule has 33 heavy (non-hydrogen) atoms. The molecule has 1 atom stereocenters. The van der Waals surface area contributed by atoms with Crippen molar-refractivity contribution in [1.82, 2.24) is 24.8 Å². The van der Waals surface area contributed by atoms with Crippen molar-refractivity contribution in [3.8, 4) is 11.5 Å². The molecule has 2 aliphatic rings. The lowest BCUT2D eigenvalue weighted by atomic mass is 10.0. The zero-order valence-corrected chi connectivity index (χ0v) is 18.9. The predicted molar refractivity (Wildman–Crippen MR) is 123 cm³/mol. The van der Waals surface area contributed by atoms with E-state index >= 15 is 0 Å². The van der Waals surface area contributed by atoms with Crippen LogP contribution < -0.4 is 10.9 Å². The summed E-state index contributed by atoms with van der Waals surface area (Å²) in [7, 11) is 1.54. The minimum absolute atomic E-state index is 0.173. The molecule has 1 saturated carbocycles. The van der Waals surface area contributed by atoms with E-state index in [-0.39, 0.29) is 17.3 Å². The molecule has 1 unspecified atom stereocenters. The molecule has 0 saturated heterocycles.